The average molecular weight is 400 g/mol. The van der Waals surface area contributed by atoms with Crippen LogP contribution in [0.3, 0.4) is 0 Å². The number of carbonyl (C=O) groups is 2. The Kier molecular flexibility index (Phi) is 7.46. The summed E-state index contributed by atoms with van der Waals surface area (Å²) in [5, 5.41) is 9.72. The molecule has 1 saturated carbocycles. The Morgan fingerprint density at radius 1 is 0.929 bits per heavy atom. The molecule has 3 N–H and O–H groups in total. The van der Waals surface area contributed by atoms with Crippen LogP contribution in [0.4, 0.5) is 5.69 Å². The summed E-state index contributed by atoms with van der Waals surface area (Å²) in [6.07, 6.45) is 5.74. The highest BCUT2D eigenvalue weighted by molar-refractivity contribution is 6.30. The van der Waals surface area contributed by atoms with Crippen LogP contribution >= 0.6 is 11.6 Å². The zero-order chi connectivity index (χ0) is 19.8. The number of halogens is 1. The van der Waals surface area contributed by atoms with E-state index in [4.69, 9.17) is 11.6 Å². The second kappa shape index (κ2) is 10.2. The highest BCUT2D eigenvalue weighted by Crippen LogP contribution is 2.18. The van der Waals surface area contributed by atoms with Crippen molar-refractivity contribution in [2.45, 2.75) is 44.7 Å². The van der Waals surface area contributed by atoms with E-state index in [1.165, 1.54) is 19.3 Å². The first-order valence-electron chi connectivity index (χ1n) is 9.76. The Morgan fingerprint density at radius 3 is 2.29 bits per heavy atom. The fourth-order valence-electron chi connectivity index (χ4n) is 3.35. The second-order valence-corrected chi connectivity index (χ2v) is 7.60. The number of hydrogen-bond donors (Lipinski definition) is 3. The highest BCUT2D eigenvalue weighted by Gasteiger charge is 2.16. The van der Waals surface area contributed by atoms with Crippen LogP contribution < -0.4 is 16.0 Å². The minimum Gasteiger partial charge on any atom is -0.349 e. The average Bonchev–Trinajstić information content (AvgIpc) is 2.71. The van der Waals surface area contributed by atoms with Crippen LogP contribution in [0.1, 0.15) is 48.0 Å². The third kappa shape index (κ3) is 6.36. The summed E-state index contributed by atoms with van der Waals surface area (Å²) in [4.78, 5) is 24.4. The molecule has 0 unspecified atom stereocenters. The first-order valence-corrected chi connectivity index (χ1v) is 10.1. The maximum absolute atomic E-state index is 12.3. The molecular weight excluding hydrogens is 374 g/mol. The van der Waals surface area contributed by atoms with Crippen LogP contribution in [0.15, 0.2) is 48.5 Å². The van der Waals surface area contributed by atoms with Gasteiger partial charge in [0.2, 0.25) is 5.91 Å². The van der Waals surface area contributed by atoms with Gasteiger partial charge in [-0.05, 0) is 54.8 Å². The van der Waals surface area contributed by atoms with Gasteiger partial charge in [0.1, 0.15) is 0 Å². The standard InChI is InChI=1S/C22H26ClN3O2/c23-18-10-6-16(7-11-18)14-24-15-21(27)25-20-12-8-17(9-13-20)22(28)26-19-4-2-1-3-5-19/h6-13,19,24H,1-5,14-15H2,(H,25,27)(H,26,28). The largest absolute Gasteiger partial charge is 0.349 e. The summed E-state index contributed by atoms with van der Waals surface area (Å²) in [5.41, 5.74) is 2.35. The summed E-state index contributed by atoms with van der Waals surface area (Å²) in [5.74, 6) is -0.178. The molecule has 0 spiro atoms. The molecule has 1 aliphatic carbocycles. The molecule has 0 bridgehead atoms. The highest BCUT2D eigenvalue weighted by atomic mass is 35.5. The van der Waals surface area contributed by atoms with Crippen molar-refractivity contribution in [1.82, 2.24) is 10.6 Å². The molecule has 0 aliphatic heterocycles. The molecule has 2 aromatic carbocycles. The van der Waals surface area contributed by atoms with Crippen molar-refractivity contribution in [3.05, 3.63) is 64.7 Å². The molecular formula is C22H26ClN3O2. The fourth-order valence-corrected chi connectivity index (χ4v) is 3.47. The number of nitrogens with one attached hydrogen (secondary N) is 3. The molecule has 0 atom stereocenters. The summed E-state index contributed by atoms with van der Waals surface area (Å²) in [6, 6.07) is 14.8. The molecule has 1 aliphatic rings. The molecule has 3 rings (SSSR count). The van der Waals surface area contributed by atoms with Crippen LogP contribution in [0.2, 0.25) is 5.02 Å². The van der Waals surface area contributed by atoms with Gasteiger partial charge in [-0.3, -0.25) is 9.59 Å². The number of anilines is 1. The molecule has 0 saturated heterocycles. The minimum absolute atomic E-state index is 0.0468. The lowest BCUT2D eigenvalue weighted by molar-refractivity contribution is -0.115. The molecule has 2 amide bonds. The van der Waals surface area contributed by atoms with Gasteiger partial charge in [0.25, 0.3) is 5.91 Å². The zero-order valence-corrected chi connectivity index (χ0v) is 16.6. The monoisotopic (exact) mass is 399 g/mol. The van der Waals surface area contributed by atoms with E-state index >= 15 is 0 Å². The van der Waals surface area contributed by atoms with Gasteiger partial charge >= 0.3 is 0 Å². The van der Waals surface area contributed by atoms with Crippen LogP contribution in [-0.2, 0) is 11.3 Å². The van der Waals surface area contributed by atoms with Crippen molar-refractivity contribution in [2.75, 3.05) is 11.9 Å². The summed E-state index contributed by atoms with van der Waals surface area (Å²) in [7, 11) is 0. The molecule has 0 aromatic heterocycles. The maximum Gasteiger partial charge on any atom is 0.251 e. The van der Waals surface area contributed by atoms with Crippen LogP contribution in [0.25, 0.3) is 0 Å². The summed E-state index contributed by atoms with van der Waals surface area (Å²) in [6.45, 7) is 0.789. The number of benzene rings is 2. The molecule has 148 valence electrons. The maximum atomic E-state index is 12.3. The lowest BCUT2D eigenvalue weighted by Gasteiger charge is -2.22. The van der Waals surface area contributed by atoms with Gasteiger partial charge in [-0.25, -0.2) is 0 Å². The van der Waals surface area contributed by atoms with E-state index in [0.717, 1.165) is 18.4 Å². The lowest BCUT2D eigenvalue weighted by atomic mass is 9.95. The minimum atomic E-state index is -0.131. The van der Waals surface area contributed by atoms with Crippen molar-refractivity contribution in [2.24, 2.45) is 0 Å². The smallest absolute Gasteiger partial charge is 0.251 e. The quantitative estimate of drug-likeness (QED) is 0.655. The van der Waals surface area contributed by atoms with Gasteiger partial charge in [0.15, 0.2) is 0 Å². The molecule has 6 heteroatoms. The Bertz CT molecular complexity index is 784. The van der Waals surface area contributed by atoms with Crippen LogP contribution in [-0.4, -0.2) is 24.4 Å². The van der Waals surface area contributed by atoms with Crippen molar-refractivity contribution >= 4 is 29.1 Å². The number of rotatable bonds is 7. The van der Waals surface area contributed by atoms with Gasteiger partial charge in [0.05, 0.1) is 6.54 Å². The molecule has 0 heterocycles. The Hall–Kier alpha value is -2.37. The van der Waals surface area contributed by atoms with E-state index < -0.39 is 0 Å². The van der Waals surface area contributed by atoms with Crippen molar-refractivity contribution in [3.63, 3.8) is 0 Å². The van der Waals surface area contributed by atoms with E-state index in [1.54, 1.807) is 24.3 Å². The van der Waals surface area contributed by atoms with Gasteiger partial charge in [-0.15, -0.1) is 0 Å². The Morgan fingerprint density at radius 2 is 1.61 bits per heavy atom. The Balaban J connectivity index is 1.42. The summed E-state index contributed by atoms with van der Waals surface area (Å²) < 4.78 is 0. The predicted octanol–water partition coefficient (Wildman–Crippen LogP) is 4.13. The van der Waals surface area contributed by atoms with Crippen molar-refractivity contribution in [3.8, 4) is 0 Å². The fraction of sp³-hybridized carbons (Fsp3) is 0.364. The third-order valence-electron chi connectivity index (χ3n) is 4.90. The van der Waals surface area contributed by atoms with E-state index in [-0.39, 0.29) is 24.4 Å². The first-order chi connectivity index (χ1) is 13.6. The summed E-state index contributed by atoms with van der Waals surface area (Å²) >= 11 is 5.86. The Labute approximate surface area is 170 Å². The van der Waals surface area contributed by atoms with Gasteiger partial charge in [-0.2, -0.15) is 0 Å². The topological polar surface area (TPSA) is 70.2 Å². The molecule has 5 nitrogen and oxygen atoms in total. The normalized spacial score (nSPS) is 14.5. The predicted molar refractivity (Wildman–Crippen MR) is 113 cm³/mol. The van der Waals surface area contributed by atoms with E-state index in [1.807, 2.05) is 24.3 Å². The molecule has 2 aromatic rings. The van der Waals surface area contributed by atoms with Crippen molar-refractivity contribution in [1.29, 1.82) is 0 Å². The first kappa shape index (κ1) is 20.4. The van der Waals surface area contributed by atoms with E-state index in [0.29, 0.717) is 22.8 Å². The SMILES string of the molecule is O=C(CNCc1ccc(Cl)cc1)Nc1ccc(C(=O)NC2CCCCC2)cc1. The van der Waals surface area contributed by atoms with Crippen LogP contribution in [0.5, 0.6) is 0 Å². The molecule has 0 radical (unpaired) electrons. The van der Waals surface area contributed by atoms with E-state index in [9.17, 15) is 9.59 Å². The number of hydrogen-bond acceptors (Lipinski definition) is 3. The van der Waals surface area contributed by atoms with Gasteiger partial charge in [0, 0.05) is 28.9 Å². The van der Waals surface area contributed by atoms with Gasteiger partial charge in [-0.1, -0.05) is 43.0 Å². The second-order valence-electron chi connectivity index (χ2n) is 7.16. The molecule has 1 fully saturated rings. The van der Waals surface area contributed by atoms with Crippen LogP contribution in [0, 0.1) is 0 Å². The lowest BCUT2D eigenvalue weighted by Crippen LogP contribution is -2.36. The zero-order valence-electron chi connectivity index (χ0n) is 15.8. The number of carbonyl (C=O) groups excluding carboxylic acids is 2. The third-order valence-corrected chi connectivity index (χ3v) is 5.15. The number of amides is 2. The van der Waals surface area contributed by atoms with E-state index in [2.05, 4.69) is 16.0 Å². The molecule has 28 heavy (non-hydrogen) atoms. The van der Waals surface area contributed by atoms with Crippen molar-refractivity contribution < 1.29 is 9.59 Å². The van der Waals surface area contributed by atoms with Gasteiger partial charge < -0.3 is 16.0 Å².